The minimum absolute atomic E-state index is 0.00103. The second-order valence-electron chi connectivity index (χ2n) is 8.34. The molecule has 0 spiro atoms. The first kappa shape index (κ1) is 23.3. The van der Waals surface area contributed by atoms with Crippen molar-refractivity contribution in [2.45, 2.75) is 32.2 Å². The summed E-state index contributed by atoms with van der Waals surface area (Å²) in [5.74, 6) is -0.172. The maximum atomic E-state index is 13.2. The van der Waals surface area contributed by atoms with Gasteiger partial charge in [0, 0.05) is 35.0 Å². The standard InChI is InChI=1S/C23H25BrF3NO4/c1-13-14(9-17(24)11-20(13)32-23(25,26)27)7-16-8-15-10-19(28-3-5-31-6-4-28)21(30-2)12-18(15)22(16)29/h9-13,16,20H,3-8H2,1-2H3. The Morgan fingerprint density at radius 1 is 1.25 bits per heavy atom. The van der Waals surface area contributed by atoms with E-state index in [0.717, 1.165) is 29.9 Å². The molecule has 0 radical (unpaired) electrons. The first-order valence-corrected chi connectivity index (χ1v) is 11.4. The fourth-order valence-corrected chi connectivity index (χ4v) is 5.21. The number of hydrogen-bond donors (Lipinski definition) is 0. The van der Waals surface area contributed by atoms with Gasteiger partial charge in [0.25, 0.3) is 0 Å². The molecule has 9 heteroatoms. The van der Waals surface area contributed by atoms with E-state index in [-0.39, 0.29) is 11.7 Å². The number of fused-ring (bicyclic) bond motifs is 1. The van der Waals surface area contributed by atoms with Crippen LogP contribution in [0.5, 0.6) is 5.75 Å². The highest BCUT2D eigenvalue weighted by Crippen LogP contribution is 2.42. The minimum Gasteiger partial charge on any atom is -0.495 e. The lowest BCUT2D eigenvalue weighted by atomic mass is 9.83. The number of ketones is 1. The van der Waals surface area contributed by atoms with Gasteiger partial charge in [0.15, 0.2) is 5.78 Å². The molecule has 0 N–H and O–H groups in total. The molecule has 1 aromatic carbocycles. The topological polar surface area (TPSA) is 48.0 Å². The van der Waals surface area contributed by atoms with Crippen molar-refractivity contribution < 1.29 is 32.2 Å². The van der Waals surface area contributed by atoms with Crippen LogP contribution in [0.25, 0.3) is 0 Å². The lowest BCUT2D eigenvalue weighted by Crippen LogP contribution is -2.36. The fourth-order valence-electron chi connectivity index (χ4n) is 4.66. The number of morpholine rings is 1. The molecule has 4 rings (SSSR count). The molecule has 1 heterocycles. The number of allylic oxidation sites excluding steroid dienone is 2. The molecule has 32 heavy (non-hydrogen) atoms. The molecule has 1 aliphatic heterocycles. The predicted molar refractivity (Wildman–Crippen MR) is 117 cm³/mol. The van der Waals surface area contributed by atoms with Crippen molar-refractivity contribution in [2.24, 2.45) is 11.8 Å². The van der Waals surface area contributed by atoms with Crippen LogP contribution in [0.1, 0.15) is 29.3 Å². The summed E-state index contributed by atoms with van der Waals surface area (Å²) in [7, 11) is 1.59. The molecule has 0 bridgehead atoms. The Kier molecular flexibility index (Phi) is 6.70. The van der Waals surface area contributed by atoms with Gasteiger partial charge in [-0.25, -0.2) is 0 Å². The van der Waals surface area contributed by atoms with E-state index in [1.165, 1.54) is 6.08 Å². The fraction of sp³-hybridized carbons (Fsp3) is 0.522. The number of halogens is 4. The molecule has 3 aliphatic rings. The second kappa shape index (κ2) is 9.19. The molecule has 1 saturated heterocycles. The summed E-state index contributed by atoms with van der Waals surface area (Å²) in [4.78, 5) is 15.4. The van der Waals surface area contributed by atoms with Crippen LogP contribution in [0.2, 0.25) is 0 Å². The quantitative estimate of drug-likeness (QED) is 0.549. The lowest BCUT2D eigenvalue weighted by Gasteiger charge is -2.30. The molecule has 2 aliphatic carbocycles. The van der Waals surface area contributed by atoms with E-state index in [9.17, 15) is 18.0 Å². The van der Waals surface area contributed by atoms with Gasteiger partial charge in [0.2, 0.25) is 0 Å². The Morgan fingerprint density at radius 2 is 1.97 bits per heavy atom. The van der Waals surface area contributed by atoms with Gasteiger partial charge in [0.05, 0.1) is 32.1 Å². The van der Waals surface area contributed by atoms with Crippen LogP contribution in [0.4, 0.5) is 18.9 Å². The third-order valence-corrected chi connectivity index (χ3v) is 6.83. The highest BCUT2D eigenvalue weighted by molar-refractivity contribution is 9.11. The highest BCUT2D eigenvalue weighted by atomic mass is 79.9. The van der Waals surface area contributed by atoms with Gasteiger partial charge in [-0.1, -0.05) is 28.4 Å². The number of methoxy groups -OCH3 is 1. The molecular weight excluding hydrogens is 491 g/mol. The lowest BCUT2D eigenvalue weighted by molar-refractivity contribution is -0.340. The zero-order valence-electron chi connectivity index (χ0n) is 17.9. The molecule has 174 valence electrons. The molecule has 0 amide bonds. The second-order valence-corrected chi connectivity index (χ2v) is 9.25. The first-order chi connectivity index (χ1) is 15.2. The molecule has 3 unspecified atom stereocenters. The van der Waals surface area contributed by atoms with E-state index >= 15 is 0 Å². The summed E-state index contributed by atoms with van der Waals surface area (Å²) in [6.07, 6.45) is -1.72. The molecule has 5 nitrogen and oxygen atoms in total. The summed E-state index contributed by atoms with van der Waals surface area (Å²) in [5, 5.41) is 0. The number of hydrogen-bond acceptors (Lipinski definition) is 5. The van der Waals surface area contributed by atoms with E-state index in [2.05, 4.69) is 25.6 Å². The van der Waals surface area contributed by atoms with Crippen LogP contribution in [0, 0.1) is 11.8 Å². The largest absolute Gasteiger partial charge is 0.523 e. The zero-order chi connectivity index (χ0) is 23.0. The number of carbonyl (C=O) groups excluding carboxylic acids is 1. The molecule has 1 aromatic rings. The van der Waals surface area contributed by atoms with Crippen LogP contribution in [-0.4, -0.2) is 51.7 Å². The van der Waals surface area contributed by atoms with Crippen molar-refractivity contribution in [3.63, 3.8) is 0 Å². The van der Waals surface area contributed by atoms with Gasteiger partial charge in [0.1, 0.15) is 5.75 Å². The van der Waals surface area contributed by atoms with Crippen molar-refractivity contribution in [3.8, 4) is 5.75 Å². The zero-order valence-corrected chi connectivity index (χ0v) is 19.5. The number of ether oxygens (including phenoxy) is 3. The third-order valence-electron chi connectivity index (χ3n) is 6.34. The molecule has 0 aromatic heterocycles. The number of alkyl halides is 3. The van der Waals surface area contributed by atoms with Gasteiger partial charge in [-0.15, -0.1) is 13.2 Å². The Bertz CT molecular complexity index is 953. The van der Waals surface area contributed by atoms with E-state index in [1.807, 2.05) is 6.07 Å². The number of carbonyl (C=O) groups is 1. The Morgan fingerprint density at radius 3 is 2.62 bits per heavy atom. The summed E-state index contributed by atoms with van der Waals surface area (Å²) < 4.78 is 54.3. The number of Topliss-reactive ketones (excluding diaryl/α,β-unsaturated/α-hetero) is 1. The van der Waals surface area contributed by atoms with Gasteiger partial charge >= 0.3 is 6.36 Å². The molecule has 3 atom stereocenters. The van der Waals surface area contributed by atoms with Gasteiger partial charge in [-0.05, 0) is 42.7 Å². The van der Waals surface area contributed by atoms with Crippen molar-refractivity contribution in [1.82, 2.24) is 0 Å². The van der Waals surface area contributed by atoms with Gasteiger partial charge in [-0.2, -0.15) is 0 Å². The normalized spacial score (nSPS) is 26.0. The van der Waals surface area contributed by atoms with Crippen molar-refractivity contribution in [1.29, 1.82) is 0 Å². The summed E-state index contributed by atoms with van der Waals surface area (Å²) >= 11 is 3.29. The average molecular weight is 516 g/mol. The highest BCUT2D eigenvalue weighted by Gasteiger charge is 2.39. The van der Waals surface area contributed by atoms with Crippen molar-refractivity contribution in [2.75, 3.05) is 38.3 Å². The SMILES string of the molecule is COc1cc2c(cc1N1CCOCC1)CC(CC1=CC(Br)=CC(OC(F)(F)F)C1C)C2=O. The maximum absolute atomic E-state index is 13.2. The number of benzene rings is 1. The molecular formula is C23H25BrF3NO4. The average Bonchev–Trinajstić information content (AvgIpc) is 3.04. The van der Waals surface area contributed by atoms with Crippen molar-refractivity contribution >= 4 is 27.4 Å². The van der Waals surface area contributed by atoms with Crippen LogP contribution in [-0.2, 0) is 15.9 Å². The Labute approximate surface area is 193 Å². The Balaban J connectivity index is 1.54. The summed E-state index contributed by atoms with van der Waals surface area (Å²) in [6, 6.07) is 3.81. The van der Waals surface area contributed by atoms with Crippen molar-refractivity contribution in [3.05, 3.63) is 45.5 Å². The number of nitrogens with zero attached hydrogens (tertiary/aromatic N) is 1. The van der Waals surface area contributed by atoms with Crippen LogP contribution >= 0.6 is 15.9 Å². The smallest absolute Gasteiger partial charge is 0.495 e. The monoisotopic (exact) mass is 515 g/mol. The predicted octanol–water partition coefficient (Wildman–Crippen LogP) is 5.04. The van der Waals surface area contributed by atoms with Gasteiger partial charge in [-0.3, -0.25) is 9.53 Å². The minimum atomic E-state index is -4.73. The van der Waals surface area contributed by atoms with Gasteiger partial charge < -0.3 is 14.4 Å². The number of rotatable bonds is 5. The number of anilines is 1. The first-order valence-electron chi connectivity index (χ1n) is 10.6. The van der Waals surface area contributed by atoms with Crippen LogP contribution in [0.3, 0.4) is 0 Å². The van der Waals surface area contributed by atoms with E-state index in [4.69, 9.17) is 9.47 Å². The summed E-state index contributed by atoms with van der Waals surface area (Å²) in [5.41, 5.74) is 3.28. The third kappa shape index (κ3) is 4.89. The molecule has 1 fully saturated rings. The van der Waals surface area contributed by atoms with E-state index in [0.29, 0.717) is 41.9 Å². The van der Waals surface area contributed by atoms with Crippen LogP contribution in [0.15, 0.2) is 34.3 Å². The van der Waals surface area contributed by atoms with E-state index < -0.39 is 18.4 Å². The van der Waals surface area contributed by atoms with Crippen LogP contribution < -0.4 is 9.64 Å². The maximum Gasteiger partial charge on any atom is 0.523 e. The Hall–Kier alpha value is -1.84. The summed E-state index contributed by atoms with van der Waals surface area (Å²) in [6.45, 7) is 4.47. The molecule has 0 saturated carbocycles. The van der Waals surface area contributed by atoms with E-state index in [1.54, 1.807) is 26.2 Å².